The Morgan fingerprint density at radius 3 is 1.61 bits per heavy atom. The molecule has 0 saturated carbocycles. The van der Waals surface area contributed by atoms with Crippen LogP contribution in [0.15, 0.2) is 12.2 Å². The molecule has 3 N–H and O–H groups in total. The molecule has 0 atom stereocenters. The van der Waals surface area contributed by atoms with Gasteiger partial charge in [-0.3, -0.25) is 4.79 Å². The van der Waals surface area contributed by atoms with E-state index in [-0.39, 0.29) is 12.5 Å². The van der Waals surface area contributed by atoms with Gasteiger partial charge >= 0.3 is 0 Å². The van der Waals surface area contributed by atoms with Crippen LogP contribution in [0.5, 0.6) is 0 Å². The molecule has 0 saturated heterocycles. The average molecular weight is 398 g/mol. The van der Waals surface area contributed by atoms with Crippen LogP contribution in [0.4, 0.5) is 0 Å². The third-order valence-corrected chi connectivity index (χ3v) is 5.15. The van der Waals surface area contributed by atoms with Gasteiger partial charge in [0.2, 0.25) is 5.91 Å². The standard InChI is InChI=1S/C24H47NO3/c1-2-3-4-5-6-7-8-9-10-11-12-13-14-15-16-17-18-19-20-21-23(26)25-22-24(27)28/h9-10,24,27-28H,2-8,11-22H2,1H3,(H,25,26). The predicted octanol–water partition coefficient (Wildman–Crippen LogP) is 6.01. The molecule has 0 rings (SSSR count). The highest BCUT2D eigenvalue weighted by Crippen LogP contribution is 2.12. The maximum Gasteiger partial charge on any atom is 0.220 e. The molecule has 0 bridgehead atoms. The number of hydrogen-bond acceptors (Lipinski definition) is 3. The topological polar surface area (TPSA) is 69.6 Å². The van der Waals surface area contributed by atoms with Gasteiger partial charge in [-0.2, -0.15) is 0 Å². The van der Waals surface area contributed by atoms with Crippen LogP contribution in [0.25, 0.3) is 0 Å². The third kappa shape index (κ3) is 23.2. The largest absolute Gasteiger partial charge is 0.367 e. The van der Waals surface area contributed by atoms with Crippen molar-refractivity contribution in [3.8, 4) is 0 Å². The second kappa shape index (κ2) is 22.4. The molecule has 166 valence electrons. The van der Waals surface area contributed by atoms with Crippen molar-refractivity contribution in [2.24, 2.45) is 0 Å². The van der Waals surface area contributed by atoms with Gasteiger partial charge in [-0.05, 0) is 32.1 Å². The normalized spacial score (nSPS) is 11.6. The number of unbranched alkanes of at least 4 members (excludes halogenated alkanes) is 15. The van der Waals surface area contributed by atoms with E-state index >= 15 is 0 Å². The Labute approximate surface area is 174 Å². The molecule has 28 heavy (non-hydrogen) atoms. The van der Waals surface area contributed by atoms with Crippen molar-refractivity contribution in [2.75, 3.05) is 6.54 Å². The summed E-state index contributed by atoms with van der Waals surface area (Å²) < 4.78 is 0. The lowest BCUT2D eigenvalue weighted by Crippen LogP contribution is -2.31. The maximum absolute atomic E-state index is 11.4. The zero-order valence-electron chi connectivity index (χ0n) is 18.5. The van der Waals surface area contributed by atoms with Crippen LogP contribution in [-0.2, 0) is 4.79 Å². The average Bonchev–Trinajstić information content (AvgIpc) is 2.68. The van der Waals surface area contributed by atoms with E-state index in [0.29, 0.717) is 6.42 Å². The van der Waals surface area contributed by atoms with E-state index in [1.54, 1.807) is 0 Å². The van der Waals surface area contributed by atoms with Gasteiger partial charge in [-0.1, -0.05) is 96.1 Å². The Balaban J connectivity index is 3.15. The molecular weight excluding hydrogens is 350 g/mol. The minimum atomic E-state index is -1.45. The number of carbonyl (C=O) groups is 1. The van der Waals surface area contributed by atoms with E-state index in [1.807, 2.05) is 0 Å². The van der Waals surface area contributed by atoms with E-state index in [2.05, 4.69) is 24.4 Å². The number of rotatable bonds is 21. The van der Waals surface area contributed by atoms with Crippen molar-refractivity contribution in [3.05, 3.63) is 12.2 Å². The van der Waals surface area contributed by atoms with Crippen LogP contribution in [0.3, 0.4) is 0 Å². The molecule has 1 amide bonds. The van der Waals surface area contributed by atoms with Crippen molar-refractivity contribution in [1.29, 1.82) is 0 Å². The van der Waals surface area contributed by atoms with E-state index in [1.165, 1.54) is 96.3 Å². The fraction of sp³-hybridized carbons (Fsp3) is 0.875. The molecule has 0 aromatic carbocycles. The van der Waals surface area contributed by atoms with Gasteiger partial charge in [0.1, 0.15) is 0 Å². The van der Waals surface area contributed by atoms with Crippen LogP contribution in [0.2, 0.25) is 0 Å². The Kier molecular flexibility index (Phi) is 21.7. The summed E-state index contributed by atoms with van der Waals surface area (Å²) in [5.74, 6) is -0.0888. The van der Waals surface area contributed by atoms with E-state index in [9.17, 15) is 4.79 Å². The van der Waals surface area contributed by atoms with Gasteiger partial charge in [0.05, 0.1) is 6.54 Å². The predicted molar refractivity (Wildman–Crippen MR) is 119 cm³/mol. The van der Waals surface area contributed by atoms with Crippen molar-refractivity contribution >= 4 is 5.91 Å². The molecule has 0 heterocycles. The smallest absolute Gasteiger partial charge is 0.220 e. The lowest BCUT2D eigenvalue weighted by atomic mass is 10.1. The summed E-state index contributed by atoms with van der Waals surface area (Å²) in [5, 5.41) is 19.8. The lowest BCUT2D eigenvalue weighted by molar-refractivity contribution is -0.123. The van der Waals surface area contributed by atoms with E-state index < -0.39 is 6.29 Å². The number of allylic oxidation sites excluding steroid dienone is 2. The summed E-state index contributed by atoms with van der Waals surface area (Å²) >= 11 is 0. The van der Waals surface area contributed by atoms with Gasteiger partial charge in [0, 0.05) is 6.42 Å². The van der Waals surface area contributed by atoms with Crippen LogP contribution < -0.4 is 5.32 Å². The minimum absolute atomic E-state index is 0.0756. The summed E-state index contributed by atoms with van der Waals surface area (Å²) in [6, 6.07) is 0. The van der Waals surface area contributed by atoms with Crippen molar-refractivity contribution in [1.82, 2.24) is 5.32 Å². The highest BCUT2D eigenvalue weighted by Gasteiger charge is 2.03. The fourth-order valence-corrected chi connectivity index (χ4v) is 3.36. The zero-order valence-corrected chi connectivity index (χ0v) is 18.5. The van der Waals surface area contributed by atoms with E-state index in [0.717, 1.165) is 12.8 Å². The molecule has 0 fully saturated rings. The first-order chi connectivity index (χ1) is 13.7. The Bertz CT molecular complexity index is 356. The van der Waals surface area contributed by atoms with Crippen molar-refractivity contribution < 1.29 is 15.0 Å². The summed E-state index contributed by atoms with van der Waals surface area (Å²) in [7, 11) is 0. The molecule has 0 unspecified atom stereocenters. The van der Waals surface area contributed by atoms with Gasteiger partial charge in [-0.25, -0.2) is 0 Å². The first kappa shape index (κ1) is 27.1. The molecular formula is C24H47NO3. The Morgan fingerprint density at radius 2 is 1.14 bits per heavy atom. The van der Waals surface area contributed by atoms with Gasteiger partial charge in [0.15, 0.2) is 6.29 Å². The molecule has 0 spiro atoms. The van der Waals surface area contributed by atoms with Crippen LogP contribution in [0.1, 0.15) is 122 Å². The number of hydrogen-bond donors (Lipinski definition) is 3. The molecule has 0 aliphatic rings. The Hall–Kier alpha value is -0.870. The number of amides is 1. The first-order valence-electron chi connectivity index (χ1n) is 11.9. The molecule has 4 heteroatoms. The van der Waals surface area contributed by atoms with Crippen molar-refractivity contribution in [2.45, 2.75) is 129 Å². The molecule has 4 nitrogen and oxygen atoms in total. The second-order valence-electron chi connectivity index (χ2n) is 8.03. The molecule has 0 aliphatic carbocycles. The third-order valence-electron chi connectivity index (χ3n) is 5.15. The minimum Gasteiger partial charge on any atom is -0.367 e. The second-order valence-corrected chi connectivity index (χ2v) is 8.03. The quantitative estimate of drug-likeness (QED) is 0.126. The van der Waals surface area contributed by atoms with E-state index in [4.69, 9.17) is 10.2 Å². The first-order valence-corrected chi connectivity index (χ1v) is 11.9. The molecule has 0 aromatic heterocycles. The Morgan fingerprint density at radius 1 is 0.714 bits per heavy atom. The number of aliphatic hydroxyl groups excluding tert-OH is 1. The monoisotopic (exact) mass is 397 g/mol. The van der Waals surface area contributed by atoms with Crippen LogP contribution >= 0.6 is 0 Å². The molecule has 0 radical (unpaired) electrons. The summed E-state index contributed by atoms with van der Waals surface area (Å²) in [6.07, 6.45) is 25.7. The SMILES string of the molecule is CCCCCCCCC=CCCCCCCCCCCCC(=O)NCC(O)O. The zero-order chi connectivity index (χ0) is 20.7. The molecule has 0 aromatic rings. The van der Waals surface area contributed by atoms with Gasteiger partial charge in [0.25, 0.3) is 0 Å². The maximum atomic E-state index is 11.4. The number of nitrogens with one attached hydrogen (secondary N) is 1. The van der Waals surface area contributed by atoms with Crippen LogP contribution in [-0.4, -0.2) is 29.0 Å². The number of carbonyl (C=O) groups excluding carboxylic acids is 1. The summed E-state index contributed by atoms with van der Waals surface area (Å²) in [6.45, 7) is 2.19. The van der Waals surface area contributed by atoms with Gasteiger partial charge < -0.3 is 15.5 Å². The van der Waals surface area contributed by atoms with Gasteiger partial charge in [-0.15, -0.1) is 0 Å². The molecule has 0 aliphatic heterocycles. The number of aliphatic hydroxyl groups is 2. The summed E-state index contributed by atoms with van der Waals surface area (Å²) in [5.41, 5.74) is 0. The van der Waals surface area contributed by atoms with Crippen LogP contribution in [0, 0.1) is 0 Å². The fourth-order valence-electron chi connectivity index (χ4n) is 3.36. The highest BCUT2D eigenvalue weighted by atomic mass is 16.5. The van der Waals surface area contributed by atoms with Crippen molar-refractivity contribution in [3.63, 3.8) is 0 Å². The highest BCUT2D eigenvalue weighted by molar-refractivity contribution is 5.75. The summed E-state index contributed by atoms with van der Waals surface area (Å²) in [4.78, 5) is 11.4. The lowest BCUT2D eigenvalue weighted by Gasteiger charge is -2.06.